The number of carbonyl (C=O) groups excluding carboxylic acids is 3. The van der Waals surface area contributed by atoms with Crippen molar-refractivity contribution in [3.63, 3.8) is 0 Å². The number of barbiturate groups is 1. The van der Waals surface area contributed by atoms with E-state index in [4.69, 9.17) is 11.6 Å². The molecule has 6 nitrogen and oxygen atoms in total. The number of nitrogens with zero attached hydrogens (tertiary/aromatic N) is 2. The molecular weight excluding hydrogens is 414 g/mol. The van der Waals surface area contributed by atoms with Crippen LogP contribution in [0.4, 0.5) is 10.5 Å². The number of aryl methyl sites for hydroxylation is 2. The van der Waals surface area contributed by atoms with Gasteiger partial charge >= 0.3 is 6.03 Å². The molecule has 31 heavy (non-hydrogen) atoms. The minimum atomic E-state index is -0.762. The number of amides is 4. The van der Waals surface area contributed by atoms with E-state index >= 15 is 0 Å². The minimum absolute atomic E-state index is 0.126. The Bertz CT molecular complexity index is 1270. The maximum atomic E-state index is 13.2. The molecule has 0 atom stereocenters. The van der Waals surface area contributed by atoms with Crippen molar-refractivity contribution in [2.24, 2.45) is 0 Å². The molecule has 1 aliphatic heterocycles. The third-order valence-electron chi connectivity index (χ3n) is 5.42. The molecule has 3 aromatic rings. The second-order valence-corrected chi connectivity index (χ2v) is 7.82. The Kier molecular flexibility index (Phi) is 5.25. The van der Waals surface area contributed by atoms with E-state index in [2.05, 4.69) is 5.32 Å². The van der Waals surface area contributed by atoms with Gasteiger partial charge in [0.05, 0.1) is 5.69 Å². The van der Waals surface area contributed by atoms with Crippen molar-refractivity contribution in [2.75, 3.05) is 4.90 Å². The fourth-order valence-corrected chi connectivity index (χ4v) is 3.66. The molecule has 4 amide bonds. The van der Waals surface area contributed by atoms with E-state index < -0.39 is 17.8 Å². The number of anilines is 1. The quantitative estimate of drug-likeness (QED) is 0.479. The summed E-state index contributed by atoms with van der Waals surface area (Å²) in [4.78, 5) is 39.3. The highest BCUT2D eigenvalue weighted by Gasteiger charge is 2.37. The van der Waals surface area contributed by atoms with Gasteiger partial charge in [-0.3, -0.25) is 14.9 Å². The minimum Gasteiger partial charge on any atom is -0.317 e. The summed E-state index contributed by atoms with van der Waals surface area (Å²) in [7, 11) is 0. The Labute approximate surface area is 184 Å². The molecule has 0 unspecified atom stereocenters. The highest BCUT2D eigenvalue weighted by atomic mass is 35.5. The topological polar surface area (TPSA) is 71.4 Å². The summed E-state index contributed by atoms with van der Waals surface area (Å²) in [6, 6.07) is 13.8. The van der Waals surface area contributed by atoms with E-state index in [9.17, 15) is 14.4 Å². The van der Waals surface area contributed by atoms with E-state index in [-0.39, 0.29) is 5.57 Å². The number of imide groups is 2. The Hall–Kier alpha value is -3.64. The van der Waals surface area contributed by atoms with Crippen LogP contribution in [-0.4, -0.2) is 22.4 Å². The van der Waals surface area contributed by atoms with Crippen LogP contribution in [0, 0.1) is 20.8 Å². The van der Waals surface area contributed by atoms with Crippen molar-refractivity contribution in [3.8, 4) is 5.69 Å². The molecule has 0 saturated carbocycles. The SMILES string of the molecule is Cc1ccc(-n2cccc2/C=C2\C(=O)NC(=O)N(c3cccc(C)c3C)C2=O)cc1Cl. The molecule has 1 aromatic heterocycles. The van der Waals surface area contributed by atoms with Crippen LogP contribution in [0.3, 0.4) is 0 Å². The van der Waals surface area contributed by atoms with E-state index in [1.807, 2.05) is 55.8 Å². The van der Waals surface area contributed by atoms with Gasteiger partial charge in [-0.05, 0) is 73.9 Å². The first-order chi connectivity index (χ1) is 14.8. The number of urea groups is 1. The van der Waals surface area contributed by atoms with Gasteiger partial charge in [-0.25, -0.2) is 9.69 Å². The number of rotatable bonds is 3. The molecule has 4 rings (SSSR count). The summed E-state index contributed by atoms with van der Waals surface area (Å²) in [6.07, 6.45) is 3.29. The lowest BCUT2D eigenvalue weighted by atomic mass is 10.0. The number of hydrogen-bond acceptors (Lipinski definition) is 3. The molecule has 0 radical (unpaired) electrons. The summed E-state index contributed by atoms with van der Waals surface area (Å²) in [5.41, 5.74) is 4.39. The molecule has 2 aromatic carbocycles. The van der Waals surface area contributed by atoms with Crippen LogP contribution in [0.2, 0.25) is 5.02 Å². The predicted molar refractivity (Wildman–Crippen MR) is 120 cm³/mol. The summed E-state index contributed by atoms with van der Waals surface area (Å²) < 4.78 is 1.82. The first-order valence-electron chi connectivity index (χ1n) is 9.69. The van der Waals surface area contributed by atoms with Gasteiger partial charge in [-0.2, -0.15) is 0 Å². The molecule has 0 aliphatic carbocycles. The van der Waals surface area contributed by atoms with Crippen molar-refractivity contribution < 1.29 is 14.4 Å². The number of benzene rings is 2. The van der Waals surface area contributed by atoms with Gasteiger partial charge in [-0.1, -0.05) is 29.8 Å². The molecule has 1 saturated heterocycles. The van der Waals surface area contributed by atoms with Crippen molar-refractivity contribution in [3.05, 3.63) is 87.7 Å². The fourth-order valence-electron chi connectivity index (χ4n) is 3.48. The largest absolute Gasteiger partial charge is 0.335 e. The number of nitrogens with one attached hydrogen (secondary N) is 1. The van der Waals surface area contributed by atoms with E-state index in [0.717, 1.165) is 27.3 Å². The van der Waals surface area contributed by atoms with Crippen molar-refractivity contribution in [1.29, 1.82) is 0 Å². The van der Waals surface area contributed by atoms with Crippen LogP contribution < -0.4 is 10.2 Å². The maximum Gasteiger partial charge on any atom is 0.335 e. The van der Waals surface area contributed by atoms with E-state index in [1.165, 1.54) is 6.08 Å². The molecule has 1 N–H and O–H groups in total. The highest BCUT2D eigenvalue weighted by molar-refractivity contribution is 6.39. The number of aromatic nitrogens is 1. The first-order valence-corrected chi connectivity index (χ1v) is 10.1. The molecule has 2 heterocycles. The third-order valence-corrected chi connectivity index (χ3v) is 5.83. The van der Waals surface area contributed by atoms with Gasteiger partial charge in [0.2, 0.25) is 0 Å². The first kappa shape index (κ1) is 20.6. The van der Waals surface area contributed by atoms with Crippen LogP contribution in [-0.2, 0) is 9.59 Å². The number of carbonyl (C=O) groups is 3. The monoisotopic (exact) mass is 433 g/mol. The molecule has 156 valence electrons. The Morgan fingerprint density at radius 3 is 2.45 bits per heavy atom. The number of halogens is 1. The van der Waals surface area contributed by atoms with Gasteiger partial charge in [0.25, 0.3) is 11.8 Å². The molecule has 0 bridgehead atoms. The Morgan fingerprint density at radius 1 is 0.935 bits per heavy atom. The second kappa shape index (κ2) is 7.89. The van der Waals surface area contributed by atoms with Gasteiger partial charge in [0.1, 0.15) is 5.57 Å². The zero-order valence-electron chi connectivity index (χ0n) is 17.3. The maximum absolute atomic E-state index is 13.2. The molecule has 0 spiro atoms. The molecule has 1 aliphatic rings. The van der Waals surface area contributed by atoms with Crippen LogP contribution >= 0.6 is 11.6 Å². The molecule has 7 heteroatoms. The fraction of sp³-hybridized carbons (Fsp3) is 0.125. The van der Waals surface area contributed by atoms with Gasteiger partial charge < -0.3 is 4.57 Å². The van der Waals surface area contributed by atoms with Crippen LogP contribution in [0.5, 0.6) is 0 Å². The second-order valence-electron chi connectivity index (χ2n) is 7.41. The number of hydrogen-bond donors (Lipinski definition) is 1. The van der Waals surface area contributed by atoms with Crippen LogP contribution in [0.25, 0.3) is 11.8 Å². The van der Waals surface area contributed by atoms with Crippen LogP contribution in [0.1, 0.15) is 22.4 Å². The third kappa shape index (κ3) is 3.66. The summed E-state index contributed by atoms with van der Waals surface area (Å²) in [6.45, 7) is 5.64. The normalized spacial score (nSPS) is 15.5. The Morgan fingerprint density at radius 2 is 1.71 bits per heavy atom. The lowest BCUT2D eigenvalue weighted by Gasteiger charge is -2.28. The predicted octanol–water partition coefficient (Wildman–Crippen LogP) is 4.72. The van der Waals surface area contributed by atoms with Crippen LogP contribution in [0.15, 0.2) is 60.3 Å². The highest BCUT2D eigenvalue weighted by Crippen LogP contribution is 2.28. The van der Waals surface area contributed by atoms with Gasteiger partial charge in [0.15, 0.2) is 0 Å². The van der Waals surface area contributed by atoms with E-state index in [1.54, 1.807) is 24.3 Å². The smallest absolute Gasteiger partial charge is 0.317 e. The average Bonchev–Trinajstić information content (AvgIpc) is 3.18. The average molecular weight is 434 g/mol. The van der Waals surface area contributed by atoms with Crippen molar-refractivity contribution in [1.82, 2.24) is 9.88 Å². The van der Waals surface area contributed by atoms with Crippen molar-refractivity contribution in [2.45, 2.75) is 20.8 Å². The lowest BCUT2D eigenvalue weighted by molar-refractivity contribution is -0.122. The summed E-state index contributed by atoms with van der Waals surface area (Å²) in [5, 5.41) is 2.89. The van der Waals surface area contributed by atoms with Gasteiger partial charge in [-0.15, -0.1) is 0 Å². The lowest BCUT2D eigenvalue weighted by Crippen LogP contribution is -2.54. The zero-order valence-corrected chi connectivity index (χ0v) is 18.0. The zero-order chi connectivity index (χ0) is 22.3. The summed E-state index contributed by atoms with van der Waals surface area (Å²) in [5.74, 6) is -1.40. The van der Waals surface area contributed by atoms with E-state index in [0.29, 0.717) is 16.4 Å². The van der Waals surface area contributed by atoms with Gasteiger partial charge in [0, 0.05) is 22.6 Å². The molecule has 1 fully saturated rings. The Balaban J connectivity index is 1.78. The molecular formula is C24H20ClN3O3. The summed E-state index contributed by atoms with van der Waals surface area (Å²) >= 11 is 6.26. The van der Waals surface area contributed by atoms with Crippen molar-refractivity contribution >= 4 is 41.2 Å². The standard InChI is InChI=1S/C24H20ClN3O3/c1-14-6-4-8-21(16(14)3)28-23(30)19(22(29)26-24(28)31)12-17-7-5-11-27(17)18-10-9-15(2)20(25)13-18/h4-13H,1-3H3,(H,26,29,31)/b19-12+.